The number of benzene rings is 1. The molecule has 0 spiro atoms. The van der Waals surface area contributed by atoms with Crippen molar-refractivity contribution in [3.05, 3.63) is 47.3 Å². The Morgan fingerprint density at radius 2 is 2.08 bits per heavy atom. The van der Waals surface area contributed by atoms with Gasteiger partial charge >= 0.3 is 0 Å². The molecule has 2 N–H and O–H groups in total. The summed E-state index contributed by atoms with van der Waals surface area (Å²) in [4.78, 5) is 13.7. The number of hydrogen-bond acceptors (Lipinski definition) is 6. The van der Waals surface area contributed by atoms with E-state index in [2.05, 4.69) is 20.3 Å². The molecule has 2 aromatic heterocycles. The zero-order valence-corrected chi connectivity index (χ0v) is 14.3. The summed E-state index contributed by atoms with van der Waals surface area (Å²) in [5.74, 6) is 0.230. The second-order valence-corrected chi connectivity index (χ2v) is 6.37. The molecule has 0 aliphatic carbocycles. The van der Waals surface area contributed by atoms with E-state index in [0.717, 1.165) is 41.0 Å². The van der Waals surface area contributed by atoms with Gasteiger partial charge in [0, 0.05) is 18.7 Å². The van der Waals surface area contributed by atoms with Crippen molar-refractivity contribution in [3.8, 4) is 17.0 Å². The summed E-state index contributed by atoms with van der Waals surface area (Å²) in [5, 5.41) is 13.6. The molecule has 0 amide bonds. The van der Waals surface area contributed by atoms with Gasteiger partial charge in [0.05, 0.1) is 24.2 Å². The normalized spacial score (nSPS) is 17.8. The molecule has 0 unspecified atom stereocenters. The molecule has 6 heteroatoms. The largest absolute Gasteiger partial charge is 0.507 e. The highest BCUT2D eigenvalue weighted by molar-refractivity contribution is 5.78. The summed E-state index contributed by atoms with van der Waals surface area (Å²) < 4.78 is 5.75. The summed E-state index contributed by atoms with van der Waals surface area (Å²) in [6.45, 7) is 6.16. The molecule has 128 valence electrons. The maximum atomic E-state index is 10.4. The van der Waals surface area contributed by atoms with E-state index in [1.165, 1.54) is 0 Å². The molecule has 25 heavy (non-hydrogen) atoms. The molecule has 3 aromatic rings. The van der Waals surface area contributed by atoms with Crippen LogP contribution in [-0.2, 0) is 4.74 Å². The summed E-state index contributed by atoms with van der Waals surface area (Å²) in [7, 11) is 0. The van der Waals surface area contributed by atoms with Gasteiger partial charge in [-0.15, -0.1) is 0 Å². The Labute approximate surface area is 145 Å². The van der Waals surface area contributed by atoms with Crippen molar-refractivity contribution >= 4 is 11.2 Å². The van der Waals surface area contributed by atoms with E-state index in [-0.39, 0.29) is 11.9 Å². The molecule has 0 saturated carbocycles. The number of rotatable bonds is 2. The maximum absolute atomic E-state index is 10.4. The maximum Gasteiger partial charge on any atom is 0.179 e. The number of nitrogens with zero attached hydrogens (tertiary/aromatic N) is 3. The third-order valence-corrected chi connectivity index (χ3v) is 4.40. The molecular weight excluding hydrogens is 316 g/mol. The molecule has 0 bridgehead atoms. The average Bonchev–Trinajstić information content (AvgIpc) is 2.61. The second-order valence-electron chi connectivity index (χ2n) is 6.37. The zero-order valence-electron chi connectivity index (χ0n) is 14.3. The lowest BCUT2D eigenvalue weighted by atomic mass is 10.0. The Morgan fingerprint density at radius 3 is 2.84 bits per heavy atom. The first kappa shape index (κ1) is 15.9. The Kier molecular flexibility index (Phi) is 4.07. The molecule has 4 rings (SSSR count). The monoisotopic (exact) mass is 336 g/mol. The van der Waals surface area contributed by atoms with Crippen LogP contribution in [0.4, 0.5) is 0 Å². The Hall–Kier alpha value is -2.57. The lowest BCUT2D eigenvalue weighted by Crippen LogP contribution is -2.33. The molecule has 1 fully saturated rings. The number of hydrogen-bond donors (Lipinski definition) is 2. The molecular formula is C19H20N4O2. The lowest BCUT2D eigenvalue weighted by molar-refractivity contribution is 0.0250. The van der Waals surface area contributed by atoms with Crippen molar-refractivity contribution in [2.24, 2.45) is 0 Å². The fourth-order valence-electron chi connectivity index (χ4n) is 3.24. The average molecular weight is 336 g/mol. The number of phenolic OH excluding ortho intramolecular Hbond substituents is 1. The third kappa shape index (κ3) is 3.06. The van der Waals surface area contributed by atoms with Gasteiger partial charge in [-0.3, -0.25) is 4.98 Å². The number of ether oxygens (including phenoxy) is 1. The molecule has 0 radical (unpaired) electrons. The van der Waals surface area contributed by atoms with Crippen LogP contribution in [0.1, 0.15) is 22.9 Å². The van der Waals surface area contributed by atoms with Gasteiger partial charge in [0.25, 0.3) is 0 Å². The van der Waals surface area contributed by atoms with Crippen LogP contribution in [0.2, 0.25) is 0 Å². The summed E-state index contributed by atoms with van der Waals surface area (Å²) in [6, 6.07) is 7.53. The van der Waals surface area contributed by atoms with Crippen molar-refractivity contribution < 1.29 is 9.84 Å². The quantitative estimate of drug-likeness (QED) is 0.749. The van der Waals surface area contributed by atoms with Gasteiger partial charge in [-0.25, -0.2) is 9.97 Å². The number of fused-ring (bicyclic) bond motifs is 1. The highest BCUT2D eigenvalue weighted by atomic mass is 16.5. The van der Waals surface area contributed by atoms with Crippen molar-refractivity contribution in [2.75, 3.05) is 19.7 Å². The van der Waals surface area contributed by atoms with Crippen molar-refractivity contribution in [3.63, 3.8) is 0 Å². The van der Waals surface area contributed by atoms with Crippen LogP contribution < -0.4 is 5.32 Å². The van der Waals surface area contributed by atoms with Crippen LogP contribution in [0.25, 0.3) is 22.4 Å². The molecule has 6 nitrogen and oxygen atoms in total. The Bertz CT molecular complexity index is 913. The van der Waals surface area contributed by atoms with Gasteiger partial charge in [0.15, 0.2) is 5.65 Å². The van der Waals surface area contributed by atoms with E-state index in [1.807, 2.05) is 32.0 Å². The van der Waals surface area contributed by atoms with E-state index in [9.17, 15) is 5.11 Å². The standard InChI is InChI=1S/C19H20N4O2/c1-11-7-12(2)18(16(24)8-11)13-3-4-14-19(22-13)23-15(9-21-14)17-10-20-5-6-25-17/h3-4,7-9,17,20,24H,5-6,10H2,1-2H3/t17-/m0/s1. The summed E-state index contributed by atoms with van der Waals surface area (Å²) in [5.41, 5.74) is 5.47. The SMILES string of the molecule is Cc1cc(C)c(-c2ccc3ncc([C@@H]4CNCCO4)nc3n2)c(O)c1. The first-order chi connectivity index (χ1) is 12.1. The molecule has 1 aromatic carbocycles. The van der Waals surface area contributed by atoms with Gasteiger partial charge in [0.2, 0.25) is 0 Å². The van der Waals surface area contributed by atoms with Crippen LogP contribution in [0.3, 0.4) is 0 Å². The fraction of sp³-hybridized carbons (Fsp3) is 0.316. The Morgan fingerprint density at radius 1 is 1.20 bits per heavy atom. The zero-order chi connectivity index (χ0) is 17.4. The highest BCUT2D eigenvalue weighted by Gasteiger charge is 2.18. The highest BCUT2D eigenvalue weighted by Crippen LogP contribution is 2.33. The second kappa shape index (κ2) is 6.38. The number of pyridine rings is 1. The minimum absolute atomic E-state index is 0.106. The minimum Gasteiger partial charge on any atom is -0.507 e. The van der Waals surface area contributed by atoms with Crippen molar-refractivity contribution in [1.29, 1.82) is 0 Å². The van der Waals surface area contributed by atoms with E-state index in [1.54, 1.807) is 12.3 Å². The smallest absolute Gasteiger partial charge is 0.179 e. The van der Waals surface area contributed by atoms with Gasteiger partial charge in [-0.2, -0.15) is 0 Å². The third-order valence-electron chi connectivity index (χ3n) is 4.40. The summed E-state index contributed by atoms with van der Waals surface area (Å²) >= 11 is 0. The number of aromatic hydroxyl groups is 1. The van der Waals surface area contributed by atoms with Crippen molar-refractivity contribution in [1.82, 2.24) is 20.3 Å². The minimum atomic E-state index is -0.106. The van der Waals surface area contributed by atoms with E-state index < -0.39 is 0 Å². The molecule has 1 aliphatic heterocycles. The molecule has 1 atom stereocenters. The summed E-state index contributed by atoms with van der Waals surface area (Å²) in [6.07, 6.45) is 1.64. The first-order valence-electron chi connectivity index (χ1n) is 8.38. The van der Waals surface area contributed by atoms with Gasteiger partial charge in [-0.1, -0.05) is 6.07 Å². The lowest BCUT2D eigenvalue weighted by Gasteiger charge is -2.22. The first-order valence-corrected chi connectivity index (χ1v) is 8.38. The van der Waals surface area contributed by atoms with Crippen molar-refractivity contribution in [2.45, 2.75) is 20.0 Å². The number of nitrogens with one attached hydrogen (secondary N) is 1. The van der Waals surface area contributed by atoms with E-state index >= 15 is 0 Å². The van der Waals surface area contributed by atoms with Gasteiger partial charge < -0.3 is 15.2 Å². The van der Waals surface area contributed by atoms with Crippen LogP contribution in [0, 0.1) is 13.8 Å². The van der Waals surface area contributed by atoms with Crippen LogP contribution in [0.15, 0.2) is 30.5 Å². The topological polar surface area (TPSA) is 80.2 Å². The van der Waals surface area contributed by atoms with Crippen LogP contribution in [0.5, 0.6) is 5.75 Å². The van der Waals surface area contributed by atoms with E-state index in [4.69, 9.17) is 4.74 Å². The van der Waals surface area contributed by atoms with Crippen LogP contribution >= 0.6 is 0 Å². The number of morpholine rings is 1. The number of aromatic nitrogens is 3. The predicted octanol–water partition coefficient (Wildman–Crippen LogP) is 2.68. The molecule has 1 saturated heterocycles. The predicted molar refractivity (Wildman–Crippen MR) is 95.5 cm³/mol. The fourth-order valence-corrected chi connectivity index (χ4v) is 3.24. The number of phenols is 1. The van der Waals surface area contributed by atoms with Gasteiger partial charge in [0.1, 0.15) is 17.4 Å². The molecule has 1 aliphatic rings. The number of aryl methyl sites for hydroxylation is 2. The Balaban J connectivity index is 1.79. The van der Waals surface area contributed by atoms with Gasteiger partial charge in [-0.05, 0) is 43.2 Å². The molecule has 3 heterocycles. The van der Waals surface area contributed by atoms with E-state index in [0.29, 0.717) is 17.9 Å². The van der Waals surface area contributed by atoms with Crippen LogP contribution in [-0.4, -0.2) is 39.8 Å².